The Kier molecular flexibility index (Phi) is 8.14. The number of sulfonamides is 1. The van der Waals surface area contributed by atoms with Gasteiger partial charge in [0.05, 0.1) is 21.0 Å². The second kappa shape index (κ2) is 11.1. The lowest BCUT2D eigenvalue weighted by atomic mass is 10.1. The average Bonchev–Trinajstić information content (AvgIpc) is 2.83. The van der Waals surface area contributed by atoms with Gasteiger partial charge >= 0.3 is 0 Å². The summed E-state index contributed by atoms with van der Waals surface area (Å²) in [5, 5.41) is 0.824. The number of hydrogen-bond acceptors (Lipinski definition) is 5. The van der Waals surface area contributed by atoms with Gasteiger partial charge in [0, 0.05) is 32.7 Å². The van der Waals surface area contributed by atoms with Crippen LogP contribution in [-0.2, 0) is 10.0 Å². The van der Waals surface area contributed by atoms with Gasteiger partial charge in [-0.25, -0.2) is 13.1 Å². The molecular weight excluding hydrogens is 493 g/mol. The number of para-hydroxylation sites is 1. The number of benzene rings is 3. The van der Waals surface area contributed by atoms with Crippen LogP contribution in [0.4, 0.5) is 0 Å². The molecule has 0 saturated carbocycles. The lowest BCUT2D eigenvalue weighted by Gasteiger charge is -2.35. The van der Waals surface area contributed by atoms with E-state index in [2.05, 4.69) is 21.6 Å². The third kappa shape index (κ3) is 6.50. The molecule has 1 aliphatic heterocycles. The fourth-order valence-corrected chi connectivity index (χ4v) is 5.32. The van der Waals surface area contributed by atoms with Gasteiger partial charge in [0.1, 0.15) is 11.5 Å². The minimum atomic E-state index is -3.80. The molecule has 180 valence electrons. The number of halogens is 2. The standard InChI is InChI=1S/C25H27Cl2N3O3S/c1-29-13-15-30(16-14-29)18-25(19-7-12-23(26)24(27)17-19)28-34(31,32)22-10-8-21(9-11-22)33-20-5-3-2-4-6-20/h2-12,17,25,28H,13-16,18H2,1H3/t25-/m0/s1. The molecule has 0 spiro atoms. The predicted octanol–water partition coefficient (Wildman–Crippen LogP) is 5.05. The molecule has 9 heteroatoms. The van der Waals surface area contributed by atoms with Crippen molar-refractivity contribution in [3.05, 3.63) is 88.4 Å². The fraction of sp³-hybridized carbons (Fsp3) is 0.280. The van der Waals surface area contributed by atoms with Gasteiger partial charge in [0.25, 0.3) is 0 Å². The molecule has 1 N–H and O–H groups in total. The average molecular weight is 520 g/mol. The Morgan fingerprint density at radius 1 is 0.882 bits per heavy atom. The molecule has 3 aromatic carbocycles. The molecule has 0 amide bonds. The lowest BCUT2D eigenvalue weighted by molar-refractivity contribution is 0.145. The van der Waals surface area contributed by atoms with Gasteiger partial charge in [-0.2, -0.15) is 0 Å². The van der Waals surface area contributed by atoms with E-state index in [1.165, 1.54) is 0 Å². The molecule has 4 rings (SSSR count). The fourth-order valence-electron chi connectivity index (χ4n) is 3.80. The summed E-state index contributed by atoms with van der Waals surface area (Å²) >= 11 is 12.3. The zero-order valence-electron chi connectivity index (χ0n) is 18.8. The minimum Gasteiger partial charge on any atom is -0.457 e. The van der Waals surface area contributed by atoms with Crippen LogP contribution >= 0.6 is 23.2 Å². The molecule has 0 unspecified atom stereocenters. The van der Waals surface area contributed by atoms with Crippen molar-refractivity contribution in [3.63, 3.8) is 0 Å². The Morgan fingerprint density at radius 3 is 2.18 bits per heavy atom. The predicted molar refractivity (Wildman–Crippen MR) is 136 cm³/mol. The Balaban J connectivity index is 1.53. The van der Waals surface area contributed by atoms with Gasteiger partial charge in [0.2, 0.25) is 10.0 Å². The van der Waals surface area contributed by atoms with E-state index in [9.17, 15) is 8.42 Å². The Bertz CT molecular complexity index is 1200. The number of ether oxygens (including phenoxy) is 1. The van der Waals surface area contributed by atoms with Crippen LogP contribution in [0, 0.1) is 0 Å². The largest absolute Gasteiger partial charge is 0.457 e. The van der Waals surface area contributed by atoms with Gasteiger partial charge in [-0.15, -0.1) is 0 Å². The molecule has 0 aliphatic carbocycles. The highest BCUT2D eigenvalue weighted by Crippen LogP contribution is 2.28. The van der Waals surface area contributed by atoms with Crippen LogP contribution in [0.3, 0.4) is 0 Å². The van der Waals surface area contributed by atoms with E-state index >= 15 is 0 Å². The van der Waals surface area contributed by atoms with Crippen molar-refractivity contribution in [2.24, 2.45) is 0 Å². The third-order valence-electron chi connectivity index (χ3n) is 5.79. The number of nitrogens with one attached hydrogen (secondary N) is 1. The molecule has 0 radical (unpaired) electrons. The summed E-state index contributed by atoms with van der Waals surface area (Å²) in [4.78, 5) is 4.68. The highest BCUT2D eigenvalue weighted by Gasteiger charge is 2.25. The summed E-state index contributed by atoms with van der Waals surface area (Å²) in [6.45, 7) is 4.12. The zero-order valence-corrected chi connectivity index (χ0v) is 21.2. The van der Waals surface area contributed by atoms with E-state index in [4.69, 9.17) is 27.9 Å². The first kappa shape index (κ1) is 25.0. The molecule has 1 fully saturated rings. The van der Waals surface area contributed by atoms with Crippen molar-refractivity contribution in [2.75, 3.05) is 39.8 Å². The number of piperazine rings is 1. The second-order valence-corrected chi connectivity index (χ2v) is 10.9. The number of nitrogens with zero attached hydrogens (tertiary/aromatic N) is 2. The maximum absolute atomic E-state index is 13.3. The van der Waals surface area contributed by atoms with Gasteiger partial charge < -0.3 is 9.64 Å². The lowest BCUT2D eigenvalue weighted by Crippen LogP contribution is -2.47. The summed E-state index contributed by atoms with van der Waals surface area (Å²) in [6, 6.07) is 20.5. The maximum atomic E-state index is 13.3. The monoisotopic (exact) mass is 519 g/mol. The summed E-state index contributed by atoms with van der Waals surface area (Å²) in [5.41, 5.74) is 0.765. The molecule has 0 aromatic heterocycles. The van der Waals surface area contributed by atoms with Gasteiger partial charge in [0.15, 0.2) is 0 Å². The highest BCUT2D eigenvalue weighted by atomic mass is 35.5. The summed E-state index contributed by atoms with van der Waals surface area (Å²) < 4.78 is 35.2. The van der Waals surface area contributed by atoms with Gasteiger partial charge in [-0.3, -0.25) is 4.90 Å². The molecule has 6 nitrogen and oxygen atoms in total. The normalized spacial score (nSPS) is 16.3. The number of likely N-dealkylation sites (N-methyl/N-ethyl adjacent to an activating group) is 1. The van der Waals surface area contributed by atoms with Crippen LogP contribution in [0.1, 0.15) is 11.6 Å². The van der Waals surface area contributed by atoms with Crippen molar-refractivity contribution in [2.45, 2.75) is 10.9 Å². The molecule has 0 bridgehead atoms. The topological polar surface area (TPSA) is 61.9 Å². The minimum absolute atomic E-state index is 0.163. The molecule has 1 saturated heterocycles. The van der Waals surface area contributed by atoms with Crippen LogP contribution in [-0.4, -0.2) is 58.0 Å². The van der Waals surface area contributed by atoms with Gasteiger partial charge in [-0.05, 0) is 61.1 Å². The van der Waals surface area contributed by atoms with E-state index in [0.717, 1.165) is 31.7 Å². The second-order valence-electron chi connectivity index (χ2n) is 8.34. The van der Waals surface area contributed by atoms with E-state index in [1.54, 1.807) is 36.4 Å². The van der Waals surface area contributed by atoms with Crippen molar-refractivity contribution >= 4 is 33.2 Å². The number of hydrogen-bond donors (Lipinski definition) is 1. The maximum Gasteiger partial charge on any atom is 0.241 e. The Labute approximate surface area is 211 Å². The van der Waals surface area contributed by atoms with Crippen LogP contribution in [0.15, 0.2) is 77.7 Å². The van der Waals surface area contributed by atoms with Crippen LogP contribution in [0.5, 0.6) is 11.5 Å². The molecule has 1 atom stereocenters. The first-order valence-electron chi connectivity index (χ1n) is 11.0. The van der Waals surface area contributed by atoms with Crippen LogP contribution in [0.25, 0.3) is 0 Å². The quantitative estimate of drug-likeness (QED) is 0.451. The number of rotatable bonds is 8. The summed E-state index contributed by atoms with van der Waals surface area (Å²) in [7, 11) is -1.72. The molecule has 1 heterocycles. The SMILES string of the molecule is CN1CCN(C[C@H](NS(=O)(=O)c2ccc(Oc3ccccc3)cc2)c2ccc(Cl)c(Cl)c2)CC1. The van der Waals surface area contributed by atoms with Crippen LogP contribution < -0.4 is 9.46 Å². The van der Waals surface area contributed by atoms with Gasteiger partial charge in [-0.1, -0.05) is 47.5 Å². The van der Waals surface area contributed by atoms with E-state index in [0.29, 0.717) is 28.1 Å². The van der Waals surface area contributed by atoms with E-state index < -0.39 is 16.1 Å². The Morgan fingerprint density at radius 2 is 1.53 bits per heavy atom. The smallest absolute Gasteiger partial charge is 0.241 e. The van der Waals surface area contributed by atoms with Crippen molar-refractivity contribution in [3.8, 4) is 11.5 Å². The Hall–Kier alpha value is -2.13. The van der Waals surface area contributed by atoms with Crippen LogP contribution in [0.2, 0.25) is 10.0 Å². The summed E-state index contributed by atoms with van der Waals surface area (Å²) in [6.07, 6.45) is 0. The third-order valence-corrected chi connectivity index (χ3v) is 8.02. The molecule has 34 heavy (non-hydrogen) atoms. The highest BCUT2D eigenvalue weighted by molar-refractivity contribution is 7.89. The van der Waals surface area contributed by atoms with E-state index in [1.807, 2.05) is 36.4 Å². The molecular formula is C25H27Cl2N3O3S. The zero-order chi connectivity index (χ0) is 24.1. The molecule has 1 aliphatic rings. The van der Waals surface area contributed by atoms with Crippen molar-refractivity contribution in [1.29, 1.82) is 0 Å². The molecule has 3 aromatic rings. The first-order valence-corrected chi connectivity index (χ1v) is 13.3. The van der Waals surface area contributed by atoms with Crippen molar-refractivity contribution in [1.82, 2.24) is 14.5 Å². The first-order chi connectivity index (χ1) is 16.3. The summed E-state index contributed by atoms with van der Waals surface area (Å²) in [5.74, 6) is 1.24. The van der Waals surface area contributed by atoms with Crippen molar-refractivity contribution < 1.29 is 13.2 Å². The van der Waals surface area contributed by atoms with E-state index in [-0.39, 0.29) is 4.90 Å².